The van der Waals surface area contributed by atoms with Crippen molar-refractivity contribution in [1.82, 2.24) is 15.3 Å². The number of halogens is 2. The Morgan fingerprint density at radius 1 is 1.32 bits per heavy atom. The Morgan fingerprint density at radius 3 is 2.50 bits per heavy atom. The van der Waals surface area contributed by atoms with Crippen LogP contribution in [0.3, 0.4) is 0 Å². The topological polar surface area (TPSA) is 80.9 Å². The van der Waals surface area contributed by atoms with Crippen LogP contribution < -0.4 is 11.1 Å². The molecule has 1 aliphatic carbocycles. The summed E-state index contributed by atoms with van der Waals surface area (Å²) in [5, 5.41) is 8.70. The number of carbonyl (C=O) groups is 1. The average Bonchev–Trinajstić information content (AvgIpc) is 3.02. The lowest BCUT2D eigenvalue weighted by atomic mass is 9.77. The summed E-state index contributed by atoms with van der Waals surface area (Å²) < 4.78 is 0. The maximum atomic E-state index is 12.3. The highest BCUT2D eigenvalue weighted by Gasteiger charge is 2.42. The Morgan fingerprint density at radius 2 is 2.05 bits per heavy atom. The van der Waals surface area contributed by atoms with E-state index in [1.165, 1.54) is 11.3 Å². The molecule has 1 amide bonds. The normalized spacial score (nSPS) is 15.2. The molecule has 0 aliphatic heterocycles. The third-order valence-electron chi connectivity index (χ3n) is 3.55. The van der Waals surface area contributed by atoms with Crippen LogP contribution in [-0.4, -0.2) is 15.9 Å². The van der Waals surface area contributed by atoms with E-state index < -0.39 is 0 Å². The highest BCUT2D eigenvalue weighted by molar-refractivity contribution is 7.10. The first-order chi connectivity index (χ1) is 9.63. The molecule has 1 saturated carbocycles. The predicted molar refractivity (Wildman–Crippen MR) is 94.3 cm³/mol. The van der Waals surface area contributed by atoms with Gasteiger partial charge >= 0.3 is 0 Å². The zero-order valence-electron chi connectivity index (χ0n) is 12.0. The lowest BCUT2D eigenvalue weighted by Gasteiger charge is -2.40. The van der Waals surface area contributed by atoms with Crippen LogP contribution in [0.25, 0.3) is 0 Å². The zero-order chi connectivity index (χ0) is 14.2. The van der Waals surface area contributed by atoms with Crippen molar-refractivity contribution in [1.29, 1.82) is 0 Å². The van der Waals surface area contributed by atoms with E-state index in [1.54, 1.807) is 16.7 Å². The van der Waals surface area contributed by atoms with E-state index in [1.807, 2.05) is 12.3 Å². The first-order valence-electron chi connectivity index (χ1n) is 6.52. The van der Waals surface area contributed by atoms with Crippen molar-refractivity contribution in [3.63, 3.8) is 0 Å². The third kappa shape index (κ3) is 3.60. The molecule has 0 spiro atoms. The van der Waals surface area contributed by atoms with Gasteiger partial charge in [0, 0.05) is 23.0 Å². The number of hydrogen-bond donors (Lipinski definition) is 2. The molecule has 0 bridgehead atoms. The average molecular weight is 381 g/mol. The van der Waals surface area contributed by atoms with Gasteiger partial charge < -0.3 is 11.1 Å². The maximum Gasteiger partial charge on any atom is 0.271 e. The van der Waals surface area contributed by atoms with Gasteiger partial charge in [0.15, 0.2) is 0 Å². The Labute approximate surface area is 149 Å². The Kier molecular flexibility index (Phi) is 6.76. The number of nitrogens with zero attached hydrogens (tertiary/aromatic N) is 2. The molecular formula is C13H18Cl2N4OS2. The molecule has 0 unspecified atom stereocenters. The number of nitrogens with one attached hydrogen (secondary N) is 1. The lowest BCUT2D eigenvalue weighted by molar-refractivity contribution is 0.0818. The van der Waals surface area contributed by atoms with Gasteiger partial charge in [0.1, 0.15) is 15.7 Å². The third-order valence-corrected chi connectivity index (χ3v) is 5.58. The summed E-state index contributed by atoms with van der Waals surface area (Å²) in [6.45, 7) is 2.34. The quantitative estimate of drug-likeness (QED) is 0.853. The largest absolute Gasteiger partial charge is 0.339 e. The van der Waals surface area contributed by atoms with Gasteiger partial charge in [-0.3, -0.25) is 4.79 Å². The molecule has 0 atom stereocenters. The van der Waals surface area contributed by atoms with E-state index >= 15 is 0 Å². The predicted octanol–water partition coefficient (Wildman–Crippen LogP) is 3.02. The second-order valence-corrected chi connectivity index (χ2v) is 6.82. The first kappa shape index (κ1) is 19.3. The van der Waals surface area contributed by atoms with E-state index in [2.05, 4.69) is 15.3 Å². The van der Waals surface area contributed by atoms with Gasteiger partial charge in [0.2, 0.25) is 0 Å². The van der Waals surface area contributed by atoms with Crippen LogP contribution in [0, 0.1) is 6.92 Å². The fourth-order valence-electron chi connectivity index (χ4n) is 2.29. The zero-order valence-corrected chi connectivity index (χ0v) is 15.3. The minimum Gasteiger partial charge on any atom is -0.339 e. The van der Waals surface area contributed by atoms with Gasteiger partial charge in [-0.1, -0.05) is 0 Å². The Balaban J connectivity index is 0.00000121. The molecule has 1 fully saturated rings. The highest BCUT2D eigenvalue weighted by Crippen LogP contribution is 2.42. The van der Waals surface area contributed by atoms with Crippen molar-refractivity contribution in [2.45, 2.75) is 38.3 Å². The number of thiazole rings is 2. The molecular weight excluding hydrogens is 363 g/mol. The van der Waals surface area contributed by atoms with Crippen LogP contribution >= 0.6 is 47.5 Å². The van der Waals surface area contributed by atoms with Crippen LogP contribution in [0.4, 0.5) is 0 Å². The standard InChI is InChI=1S/C13H16N4OS2.2ClH/c1-8-6-20-12(15-8)13(3-2-4-13)17-11(18)9-7-19-10(5-14)16-9;;/h6-7H,2-5,14H2,1H3,(H,17,18);2*1H. The monoisotopic (exact) mass is 380 g/mol. The van der Waals surface area contributed by atoms with E-state index in [4.69, 9.17) is 5.73 Å². The van der Waals surface area contributed by atoms with Gasteiger partial charge in [0.05, 0.1) is 5.54 Å². The number of amides is 1. The van der Waals surface area contributed by atoms with Crippen LogP contribution in [0.1, 0.15) is 45.5 Å². The van der Waals surface area contributed by atoms with Crippen LogP contribution in [0.2, 0.25) is 0 Å². The van der Waals surface area contributed by atoms with Crippen molar-refractivity contribution < 1.29 is 4.79 Å². The molecule has 3 rings (SSSR count). The number of rotatable bonds is 4. The molecule has 5 nitrogen and oxygen atoms in total. The lowest BCUT2D eigenvalue weighted by Crippen LogP contribution is -2.50. The van der Waals surface area contributed by atoms with E-state index in [-0.39, 0.29) is 36.3 Å². The molecule has 2 heterocycles. The van der Waals surface area contributed by atoms with Gasteiger partial charge in [-0.2, -0.15) is 0 Å². The molecule has 2 aromatic rings. The summed E-state index contributed by atoms with van der Waals surface area (Å²) in [5.41, 5.74) is 6.70. The van der Waals surface area contributed by atoms with Gasteiger partial charge in [-0.05, 0) is 26.2 Å². The number of hydrogen-bond acceptors (Lipinski definition) is 6. The summed E-state index contributed by atoms with van der Waals surface area (Å²) in [5.74, 6) is -0.131. The summed E-state index contributed by atoms with van der Waals surface area (Å²) in [7, 11) is 0. The molecule has 122 valence electrons. The minimum absolute atomic E-state index is 0. The summed E-state index contributed by atoms with van der Waals surface area (Å²) in [6.07, 6.45) is 3.00. The second kappa shape index (κ2) is 7.70. The van der Waals surface area contributed by atoms with E-state index in [0.29, 0.717) is 12.2 Å². The first-order valence-corrected chi connectivity index (χ1v) is 8.28. The SMILES string of the molecule is Cc1csc(C2(NC(=O)c3csc(CN)n3)CCC2)n1.Cl.Cl. The number of carbonyl (C=O) groups excluding carboxylic acids is 1. The maximum absolute atomic E-state index is 12.3. The van der Waals surface area contributed by atoms with Crippen molar-refractivity contribution in [3.8, 4) is 0 Å². The second-order valence-electron chi connectivity index (χ2n) is 5.01. The summed E-state index contributed by atoms with van der Waals surface area (Å²) in [4.78, 5) is 21.1. The summed E-state index contributed by atoms with van der Waals surface area (Å²) in [6, 6.07) is 0. The fourth-order valence-corrected chi connectivity index (χ4v) is 3.95. The molecule has 3 N–H and O–H groups in total. The summed E-state index contributed by atoms with van der Waals surface area (Å²) >= 11 is 3.04. The highest BCUT2D eigenvalue weighted by atomic mass is 35.5. The van der Waals surface area contributed by atoms with Gasteiger partial charge in [0.25, 0.3) is 5.91 Å². The number of aromatic nitrogens is 2. The molecule has 0 aromatic carbocycles. The molecule has 0 radical (unpaired) electrons. The molecule has 22 heavy (non-hydrogen) atoms. The van der Waals surface area contributed by atoms with Gasteiger partial charge in [-0.25, -0.2) is 9.97 Å². The smallest absolute Gasteiger partial charge is 0.271 e. The van der Waals surface area contributed by atoms with Crippen LogP contribution in [0.5, 0.6) is 0 Å². The molecule has 9 heteroatoms. The van der Waals surface area contributed by atoms with Crippen molar-refractivity contribution >= 4 is 53.4 Å². The fraction of sp³-hybridized carbons (Fsp3) is 0.462. The Hall–Kier alpha value is -0.730. The molecule has 0 saturated heterocycles. The van der Waals surface area contributed by atoms with E-state index in [0.717, 1.165) is 35.0 Å². The number of nitrogens with two attached hydrogens (primary N) is 1. The Bertz CT molecular complexity index is 640. The van der Waals surface area contributed by atoms with Crippen molar-refractivity contribution in [2.24, 2.45) is 5.73 Å². The van der Waals surface area contributed by atoms with Crippen LogP contribution in [0.15, 0.2) is 10.8 Å². The van der Waals surface area contributed by atoms with Crippen molar-refractivity contribution in [2.75, 3.05) is 0 Å². The van der Waals surface area contributed by atoms with E-state index in [9.17, 15) is 4.79 Å². The number of aryl methyl sites for hydroxylation is 1. The molecule has 2 aromatic heterocycles. The minimum atomic E-state index is -0.289. The molecule has 1 aliphatic rings. The van der Waals surface area contributed by atoms with Crippen LogP contribution in [-0.2, 0) is 12.1 Å². The van der Waals surface area contributed by atoms with Gasteiger partial charge in [-0.15, -0.1) is 47.5 Å². The van der Waals surface area contributed by atoms with Crippen molar-refractivity contribution in [3.05, 3.63) is 32.2 Å².